The zero-order chi connectivity index (χ0) is 12.0. The van der Waals surface area contributed by atoms with E-state index in [0.717, 1.165) is 4.89 Å². The summed E-state index contributed by atoms with van der Waals surface area (Å²) in [6, 6.07) is 8.20. The highest BCUT2D eigenvalue weighted by atomic mass is 32.2. The molecule has 0 saturated heterocycles. The Morgan fingerprint density at radius 1 is 1.31 bits per heavy atom. The summed E-state index contributed by atoms with van der Waals surface area (Å²) in [5.74, 6) is -1.09. The second-order valence-corrected chi connectivity index (χ2v) is 4.73. The first-order valence-electron chi connectivity index (χ1n) is 4.41. The van der Waals surface area contributed by atoms with Crippen LogP contribution < -0.4 is 4.89 Å². The lowest BCUT2D eigenvalue weighted by Crippen LogP contribution is -2.26. The SMILES string of the molecule is O=C(OCCS(=O)(=O)NO)c1ccccc1. The summed E-state index contributed by atoms with van der Waals surface area (Å²) in [6.45, 7) is -0.316. The molecule has 0 spiro atoms. The van der Waals surface area contributed by atoms with Gasteiger partial charge in [0.2, 0.25) is 10.0 Å². The molecule has 0 saturated carbocycles. The topological polar surface area (TPSA) is 92.7 Å². The smallest absolute Gasteiger partial charge is 0.338 e. The number of hydrogen-bond donors (Lipinski definition) is 2. The second-order valence-electron chi connectivity index (χ2n) is 2.91. The predicted molar refractivity (Wildman–Crippen MR) is 55.4 cm³/mol. The third-order valence-corrected chi connectivity index (χ3v) is 2.72. The Labute approximate surface area is 92.9 Å². The van der Waals surface area contributed by atoms with Gasteiger partial charge in [0.15, 0.2) is 0 Å². The van der Waals surface area contributed by atoms with E-state index in [1.807, 2.05) is 0 Å². The molecule has 0 aromatic heterocycles. The maximum absolute atomic E-state index is 11.3. The molecule has 0 bridgehead atoms. The van der Waals surface area contributed by atoms with Crippen molar-refractivity contribution in [3.05, 3.63) is 35.9 Å². The van der Waals surface area contributed by atoms with Crippen LogP contribution >= 0.6 is 0 Å². The van der Waals surface area contributed by atoms with Gasteiger partial charge >= 0.3 is 5.97 Å². The molecule has 1 aromatic carbocycles. The van der Waals surface area contributed by atoms with Crippen LogP contribution in [0.2, 0.25) is 0 Å². The molecule has 0 amide bonds. The number of ether oxygens (including phenoxy) is 1. The van der Waals surface area contributed by atoms with E-state index in [4.69, 9.17) is 9.94 Å². The molecule has 0 radical (unpaired) electrons. The zero-order valence-electron chi connectivity index (χ0n) is 8.29. The van der Waals surface area contributed by atoms with E-state index in [0.29, 0.717) is 5.56 Å². The number of nitrogens with one attached hydrogen (secondary N) is 1. The molecule has 0 aliphatic heterocycles. The molecule has 0 aliphatic rings. The normalized spacial score (nSPS) is 11.1. The standard InChI is InChI=1S/C9H11NO5S/c11-9(8-4-2-1-3-5-8)15-6-7-16(13,14)10-12/h1-5,10,12H,6-7H2. The zero-order valence-corrected chi connectivity index (χ0v) is 9.11. The predicted octanol–water partition coefficient (Wildman–Crippen LogP) is 0.152. The van der Waals surface area contributed by atoms with Crippen LogP contribution in [-0.4, -0.2) is 32.0 Å². The summed E-state index contributed by atoms with van der Waals surface area (Å²) in [5, 5.41) is 8.20. The molecular weight excluding hydrogens is 234 g/mol. The maximum Gasteiger partial charge on any atom is 0.338 e. The summed E-state index contributed by atoms with van der Waals surface area (Å²) >= 11 is 0. The number of hydrogen-bond acceptors (Lipinski definition) is 5. The summed E-state index contributed by atoms with van der Waals surface area (Å²) < 4.78 is 26.2. The molecule has 1 rings (SSSR count). The van der Waals surface area contributed by atoms with Gasteiger partial charge in [-0.25, -0.2) is 13.2 Å². The van der Waals surface area contributed by atoms with Crippen LogP contribution in [-0.2, 0) is 14.8 Å². The Balaban J connectivity index is 2.43. The van der Waals surface area contributed by atoms with Crippen molar-refractivity contribution in [2.24, 2.45) is 0 Å². The Morgan fingerprint density at radius 3 is 2.50 bits per heavy atom. The number of esters is 1. The first-order chi connectivity index (χ1) is 7.55. The molecule has 88 valence electrons. The van der Waals surface area contributed by atoms with Crippen LogP contribution in [0.15, 0.2) is 30.3 Å². The van der Waals surface area contributed by atoms with E-state index in [9.17, 15) is 13.2 Å². The lowest BCUT2D eigenvalue weighted by Gasteiger charge is -2.04. The van der Waals surface area contributed by atoms with Gasteiger partial charge in [-0.3, -0.25) is 0 Å². The van der Waals surface area contributed by atoms with Crippen molar-refractivity contribution in [2.75, 3.05) is 12.4 Å². The summed E-state index contributed by atoms with van der Waals surface area (Å²) in [4.78, 5) is 12.5. The fourth-order valence-electron chi connectivity index (χ4n) is 0.947. The van der Waals surface area contributed by atoms with Gasteiger partial charge in [-0.05, 0) is 12.1 Å². The number of benzene rings is 1. The summed E-state index contributed by atoms with van der Waals surface area (Å²) in [6.07, 6.45) is 0. The number of rotatable bonds is 5. The maximum atomic E-state index is 11.3. The molecule has 0 unspecified atom stereocenters. The van der Waals surface area contributed by atoms with Crippen molar-refractivity contribution < 1.29 is 23.2 Å². The quantitative estimate of drug-likeness (QED) is 0.569. The molecule has 0 aliphatic carbocycles. The van der Waals surface area contributed by atoms with Gasteiger partial charge in [0.1, 0.15) is 12.4 Å². The minimum atomic E-state index is -3.77. The molecule has 16 heavy (non-hydrogen) atoms. The second kappa shape index (κ2) is 5.59. The third-order valence-electron chi connectivity index (χ3n) is 1.73. The van der Waals surface area contributed by atoms with Crippen LogP contribution in [0.25, 0.3) is 0 Å². The fourth-order valence-corrected chi connectivity index (χ4v) is 1.34. The van der Waals surface area contributed by atoms with Crippen molar-refractivity contribution in [2.45, 2.75) is 0 Å². The van der Waals surface area contributed by atoms with Crippen LogP contribution in [0, 0.1) is 0 Å². The molecule has 6 nitrogen and oxygen atoms in total. The van der Waals surface area contributed by atoms with Gasteiger partial charge < -0.3 is 9.94 Å². The van der Waals surface area contributed by atoms with E-state index in [-0.39, 0.29) is 6.61 Å². The van der Waals surface area contributed by atoms with Crippen molar-refractivity contribution in [3.63, 3.8) is 0 Å². The van der Waals surface area contributed by atoms with Gasteiger partial charge in [-0.1, -0.05) is 23.1 Å². The highest BCUT2D eigenvalue weighted by Gasteiger charge is 2.11. The number of carbonyl (C=O) groups is 1. The number of carbonyl (C=O) groups excluding carboxylic acids is 1. The Bertz CT molecular complexity index is 442. The fraction of sp³-hybridized carbons (Fsp3) is 0.222. The van der Waals surface area contributed by atoms with E-state index in [1.165, 1.54) is 0 Å². The number of sulfonamides is 1. The lowest BCUT2D eigenvalue weighted by atomic mass is 10.2. The van der Waals surface area contributed by atoms with Gasteiger partial charge in [0, 0.05) is 0 Å². The third kappa shape index (κ3) is 3.97. The average molecular weight is 245 g/mol. The van der Waals surface area contributed by atoms with E-state index in [1.54, 1.807) is 30.3 Å². The van der Waals surface area contributed by atoms with E-state index < -0.39 is 21.7 Å². The van der Waals surface area contributed by atoms with Gasteiger partial charge in [0.05, 0.1) is 5.56 Å². The summed E-state index contributed by atoms with van der Waals surface area (Å²) in [7, 11) is -3.77. The Kier molecular flexibility index (Phi) is 4.41. The molecule has 1 aromatic rings. The lowest BCUT2D eigenvalue weighted by molar-refractivity contribution is 0.0528. The Morgan fingerprint density at radius 2 is 1.94 bits per heavy atom. The molecule has 0 fully saturated rings. The first-order valence-corrected chi connectivity index (χ1v) is 6.06. The van der Waals surface area contributed by atoms with Gasteiger partial charge in [0.25, 0.3) is 0 Å². The monoisotopic (exact) mass is 245 g/mol. The molecule has 2 N–H and O–H groups in total. The van der Waals surface area contributed by atoms with Crippen molar-refractivity contribution >= 4 is 16.0 Å². The highest BCUT2D eigenvalue weighted by molar-refractivity contribution is 7.89. The first kappa shape index (κ1) is 12.6. The summed E-state index contributed by atoms with van der Waals surface area (Å²) in [5.41, 5.74) is 0.344. The molecule has 7 heteroatoms. The van der Waals surface area contributed by atoms with Gasteiger partial charge in [-0.15, -0.1) is 0 Å². The van der Waals surface area contributed by atoms with E-state index >= 15 is 0 Å². The minimum Gasteiger partial charge on any atom is -0.461 e. The molecule has 0 atom stereocenters. The van der Waals surface area contributed by atoms with Crippen molar-refractivity contribution in [1.29, 1.82) is 0 Å². The Hall–Kier alpha value is -1.44. The molecule has 0 heterocycles. The molecular formula is C9H11NO5S. The minimum absolute atomic E-state index is 0.316. The van der Waals surface area contributed by atoms with Crippen molar-refractivity contribution in [3.8, 4) is 0 Å². The van der Waals surface area contributed by atoms with Crippen LogP contribution in [0.4, 0.5) is 0 Å². The van der Waals surface area contributed by atoms with Crippen LogP contribution in [0.5, 0.6) is 0 Å². The van der Waals surface area contributed by atoms with Crippen LogP contribution in [0.1, 0.15) is 10.4 Å². The largest absolute Gasteiger partial charge is 0.461 e. The van der Waals surface area contributed by atoms with E-state index in [2.05, 4.69) is 0 Å². The van der Waals surface area contributed by atoms with Crippen LogP contribution in [0.3, 0.4) is 0 Å². The highest BCUT2D eigenvalue weighted by Crippen LogP contribution is 2.00. The average Bonchev–Trinajstić information content (AvgIpc) is 2.30. The van der Waals surface area contributed by atoms with Crippen molar-refractivity contribution in [1.82, 2.24) is 4.89 Å². The van der Waals surface area contributed by atoms with Gasteiger partial charge in [-0.2, -0.15) is 0 Å².